The van der Waals surface area contributed by atoms with E-state index in [2.05, 4.69) is 38.1 Å². The van der Waals surface area contributed by atoms with Gasteiger partial charge in [-0.15, -0.1) is 5.10 Å². The van der Waals surface area contributed by atoms with Crippen LogP contribution in [-0.2, 0) is 6.54 Å². The Kier molecular flexibility index (Phi) is 4.74. The Balaban J connectivity index is 1.48. The summed E-state index contributed by atoms with van der Waals surface area (Å²) in [4.78, 5) is 22.4. The van der Waals surface area contributed by atoms with Gasteiger partial charge in [0.15, 0.2) is 0 Å². The zero-order valence-electron chi connectivity index (χ0n) is 12.1. The molecule has 1 aliphatic rings. The summed E-state index contributed by atoms with van der Waals surface area (Å²) < 4.78 is 0.771. The molecule has 116 valence electrons. The van der Waals surface area contributed by atoms with E-state index in [1.165, 1.54) is 10.4 Å². The minimum absolute atomic E-state index is 0.366. The summed E-state index contributed by atoms with van der Waals surface area (Å²) in [6.07, 6.45) is 2.81. The van der Waals surface area contributed by atoms with E-state index in [-0.39, 0.29) is 6.09 Å². The maximum Gasteiger partial charge on any atom is 0.436 e. The molecule has 1 aromatic heterocycles. The van der Waals surface area contributed by atoms with Gasteiger partial charge in [-0.3, -0.25) is 9.74 Å². The van der Waals surface area contributed by atoms with E-state index in [1.807, 2.05) is 18.2 Å². The molecule has 1 fully saturated rings. The summed E-state index contributed by atoms with van der Waals surface area (Å²) in [5, 5.41) is 3.91. The second-order valence-corrected chi connectivity index (χ2v) is 6.08. The molecular weight excluding hydrogens is 348 g/mol. The third-order valence-electron chi connectivity index (χ3n) is 3.58. The highest BCUT2D eigenvalue weighted by Crippen LogP contribution is 2.09. The van der Waals surface area contributed by atoms with E-state index < -0.39 is 0 Å². The Bertz CT molecular complexity index is 623. The van der Waals surface area contributed by atoms with Crippen molar-refractivity contribution in [2.45, 2.75) is 6.54 Å². The van der Waals surface area contributed by atoms with Crippen molar-refractivity contribution in [3.8, 4) is 0 Å². The van der Waals surface area contributed by atoms with Crippen LogP contribution in [0.25, 0.3) is 0 Å². The summed E-state index contributed by atoms with van der Waals surface area (Å²) >= 11 is 3.26. The molecule has 0 spiro atoms. The van der Waals surface area contributed by atoms with Crippen LogP contribution in [0.15, 0.2) is 47.2 Å². The number of carbonyl (C=O) groups is 1. The lowest BCUT2D eigenvalue weighted by atomic mass is 10.2. The fraction of sp³-hybridized carbons (Fsp3) is 0.333. The van der Waals surface area contributed by atoms with Crippen LogP contribution in [0.3, 0.4) is 0 Å². The fourth-order valence-electron chi connectivity index (χ4n) is 2.40. The van der Waals surface area contributed by atoms with Crippen LogP contribution >= 0.6 is 15.9 Å². The number of amides is 1. The molecule has 1 amide bonds. The molecule has 0 unspecified atom stereocenters. The van der Waals surface area contributed by atoms with E-state index in [1.54, 1.807) is 17.3 Å². The van der Waals surface area contributed by atoms with Crippen molar-refractivity contribution >= 4 is 22.0 Å². The molecule has 7 heteroatoms. The van der Waals surface area contributed by atoms with Gasteiger partial charge < -0.3 is 4.90 Å². The molecule has 0 aliphatic carbocycles. The standard InChI is InChI=1S/C15H17BrN4O2/c16-14-10-17-20(12-14)22-15(21)19-8-6-18(7-9-19)11-13-4-2-1-3-5-13/h1-5,10,12H,6-9,11H2. The summed E-state index contributed by atoms with van der Waals surface area (Å²) in [7, 11) is 0. The highest BCUT2D eigenvalue weighted by Gasteiger charge is 2.23. The largest absolute Gasteiger partial charge is 0.436 e. The minimum Gasteiger partial charge on any atom is -0.304 e. The minimum atomic E-state index is -0.366. The van der Waals surface area contributed by atoms with Crippen LogP contribution in [0.2, 0.25) is 0 Å². The van der Waals surface area contributed by atoms with Crippen LogP contribution in [0.5, 0.6) is 0 Å². The third-order valence-corrected chi connectivity index (χ3v) is 3.99. The Labute approximate surface area is 137 Å². The monoisotopic (exact) mass is 364 g/mol. The van der Waals surface area contributed by atoms with E-state index in [0.717, 1.165) is 24.1 Å². The molecule has 1 saturated heterocycles. The smallest absolute Gasteiger partial charge is 0.304 e. The van der Waals surface area contributed by atoms with Gasteiger partial charge in [-0.2, -0.15) is 0 Å². The van der Waals surface area contributed by atoms with Crippen LogP contribution < -0.4 is 4.84 Å². The number of rotatable bonds is 3. The predicted molar refractivity (Wildman–Crippen MR) is 85.2 cm³/mol. The van der Waals surface area contributed by atoms with Crippen molar-refractivity contribution in [2.24, 2.45) is 0 Å². The van der Waals surface area contributed by atoms with E-state index in [0.29, 0.717) is 13.1 Å². The Hall–Kier alpha value is -1.86. The first-order chi connectivity index (χ1) is 10.7. The lowest BCUT2D eigenvalue weighted by Crippen LogP contribution is -2.50. The molecule has 1 aromatic carbocycles. The van der Waals surface area contributed by atoms with Crippen LogP contribution in [-0.4, -0.2) is 52.0 Å². The number of aromatic nitrogens is 2. The molecule has 2 heterocycles. The number of piperazine rings is 1. The van der Waals surface area contributed by atoms with Gasteiger partial charge >= 0.3 is 6.09 Å². The summed E-state index contributed by atoms with van der Waals surface area (Å²) in [5.41, 5.74) is 1.29. The molecule has 6 nitrogen and oxygen atoms in total. The van der Waals surface area contributed by atoms with Gasteiger partial charge in [0.2, 0.25) is 0 Å². The quantitative estimate of drug-likeness (QED) is 0.835. The van der Waals surface area contributed by atoms with Crippen LogP contribution in [0.1, 0.15) is 5.56 Å². The van der Waals surface area contributed by atoms with Crippen molar-refractivity contribution in [1.82, 2.24) is 19.7 Å². The van der Waals surface area contributed by atoms with E-state index in [9.17, 15) is 4.79 Å². The zero-order chi connectivity index (χ0) is 15.4. The molecule has 0 saturated carbocycles. The van der Waals surface area contributed by atoms with Gasteiger partial charge in [-0.05, 0) is 21.5 Å². The second-order valence-electron chi connectivity index (χ2n) is 5.17. The van der Waals surface area contributed by atoms with E-state index >= 15 is 0 Å². The maximum absolute atomic E-state index is 12.1. The average molecular weight is 365 g/mol. The predicted octanol–water partition coefficient (Wildman–Crippen LogP) is 2.01. The first kappa shape index (κ1) is 15.1. The summed E-state index contributed by atoms with van der Waals surface area (Å²) in [6, 6.07) is 10.4. The van der Waals surface area contributed by atoms with Gasteiger partial charge in [0.05, 0.1) is 16.9 Å². The fourth-order valence-corrected chi connectivity index (χ4v) is 2.67. The highest BCUT2D eigenvalue weighted by atomic mass is 79.9. The number of hydrogen-bond acceptors (Lipinski definition) is 4. The average Bonchev–Trinajstić information content (AvgIpc) is 2.94. The normalized spacial score (nSPS) is 15.8. The molecular formula is C15H17BrN4O2. The number of nitrogens with zero attached hydrogens (tertiary/aromatic N) is 4. The van der Waals surface area contributed by atoms with Gasteiger partial charge in [-0.25, -0.2) is 4.79 Å². The zero-order valence-corrected chi connectivity index (χ0v) is 13.6. The second kappa shape index (κ2) is 6.93. The Morgan fingerprint density at radius 1 is 1.18 bits per heavy atom. The number of halogens is 1. The topological polar surface area (TPSA) is 50.6 Å². The third kappa shape index (κ3) is 3.86. The van der Waals surface area contributed by atoms with Gasteiger partial charge in [0.1, 0.15) is 0 Å². The van der Waals surface area contributed by atoms with Gasteiger partial charge in [-0.1, -0.05) is 35.2 Å². The first-order valence-electron chi connectivity index (χ1n) is 7.14. The van der Waals surface area contributed by atoms with Crippen molar-refractivity contribution in [2.75, 3.05) is 26.2 Å². The lowest BCUT2D eigenvalue weighted by Gasteiger charge is -2.33. The molecule has 1 aliphatic heterocycles. The molecule has 0 atom stereocenters. The molecule has 3 rings (SSSR count). The number of carbonyl (C=O) groups excluding carboxylic acids is 1. The van der Waals surface area contributed by atoms with Crippen LogP contribution in [0, 0.1) is 0 Å². The molecule has 22 heavy (non-hydrogen) atoms. The first-order valence-corrected chi connectivity index (χ1v) is 7.94. The van der Waals surface area contributed by atoms with Crippen molar-refractivity contribution in [1.29, 1.82) is 0 Å². The van der Waals surface area contributed by atoms with Crippen molar-refractivity contribution < 1.29 is 9.63 Å². The number of hydrogen-bond donors (Lipinski definition) is 0. The van der Waals surface area contributed by atoms with Crippen molar-refractivity contribution in [3.63, 3.8) is 0 Å². The molecule has 0 N–H and O–H groups in total. The van der Waals surface area contributed by atoms with Crippen LogP contribution in [0.4, 0.5) is 4.79 Å². The van der Waals surface area contributed by atoms with E-state index in [4.69, 9.17) is 4.84 Å². The molecule has 0 bridgehead atoms. The summed E-state index contributed by atoms with van der Waals surface area (Å²) in [5.74, 6) is 0. The van der Waals surface area contributed by atoms with Gasteiger partial charge in [0, 0.05) is 32.7 Å². The van der Waals surface area contributed by atoms with Crippen molar-refractivity contribution in [3.05, 3.63) is 52.8 Å². The summed E-state index contributed by atoms with van der Waals surface area (Å²) in [6.45, 7) is 3.91. The number of benzene rings is 1. The lowest BCUT2D eigenvalue weighted by molar-refractivity contribution is 0.0578. The maximum atomic E-state index is 12.1. The SMILES string of the molecule is O=C(On1cc(Br)cn1)N1CCN(Cc2ccccc2)CC1. The Morgan fingerprint density at radius 3 is 2.55 bits per heavy atom. The molecule has 0 radical (unpaired) electrons. The Morgan fingerprint density at radius 2 is 1.91 bits per heavy atom. The highest BCUT2D eigenvalue weighted by molar-refractivity contribution is 9.10. The molecule has 2 aromatic rings. The van der Waals surface area contributed by atoms with Gasteiger partial charge in [0.25, 0.3) is 0 Å².